The fraction of sp³-hybridized carbons (Fsp3) is 0.207. The molecule has 5 rings (SSSR count). The maximum atomic E-state index is 13.9. The van der Waals surface area contributed by atoms with Crippen molar-refractivity contribution in [1.29, 1.82) is 0 Å². The summed E-state index contributed by atoms with van der Waals surface area (Å²) in [5.41, 5.74) is 9.52. The minimum Gasteiger partial charge on any atom is -0.455 e. The summed E-state index contributed by atoms with van der Waals surface area (Å²) >= 11 is 0. The molecule has 7 nitrogen and oxygen atoms in total. The normalized spacial score (nSPS) is 15.8. The van der Waals surface area contributed by atoms with Crippen molar-refractivity contribution >= 4 is 28.7 Å². The molecule has 0 radical (unpaired) electrons. The van der Waals surface area contributed by atoms with Gasteiger partial charge in [0, 0.05) is 30.5 Å². The summed E-state index contributed by atoms with van der Waals surface area (Å²) in [5.74, 6) is -1.56. The molecule has 3 amide bonds. The number of hydrogen-bond acceptors (Lipinski definition) is 5. The largest absolute Gasteiger partial charge is 0.455 e. The van der Waals surface area contributed by atoms with Crippen LogP contribution in [0, 0.1) is 5.82 Å². The number of imide groups is 1. The number of halogens is 1. The lowest BCUT2D eigenvalue weighted by molar-refractivity contribution is -0.134. The molecule has 1 fully saturated rings. The van der Waals surface area contributed by atoms with E-state index >= 15 is 0 Å². The third-order valence-electron chi connectivity index (χ3n) is 6.65. The summed E-state index contributed by atoms with van der Waals surface area (Å²) < 4.78 is 19.7. The number of primary amides is 1. The standard InChI is InChI=1S/C29H26FN3O4/c1-33(16-19-4-2-3-5-22(19)23-10-11-26(34)32-29(23)36)15-17-6-8-18(9-7-17)25-13-20-12-21(30)14-24(28(31)35)27(20)37-25/h2-9,12-14,23H,10-11,15-16H2,1H3,(H2,31,35)(H,32,34,36). The minimum atomic E-state index is -0.747. The summed E-state index contributed by atoms with van der Waals surface area (Å²) in [6, 6.07) is 19.7. The van der Waals surface area contributed by atoms with Crippen molar-refractivity contribution in [2.24, 2.45) is 5.73 Å². The van der Waals surface area contributed by atoms with E-state index in [9.17, 15) is 18.8 Å². The van der Waals surface area contributed by atoms with Crippen molar-refractivity contribution in [3.05, 3.63) is 94.8 Å². The second-order valence-electron chi connectivity index (χ2n) is 9.42. The number of furan rings is 1. The lowest BCUT2D eigenvalue weighted by Gasteiger charge is -2.25. The summed E-state index contributed by atoms with van der Waals surface area (Å²) in [7, 11) is 2.01. The first kappa shape index (κ1) is 24.4. The molecule has 2 heterocycles. The van der Waals surface area contributed by atoms with Crippen molar-refractivity contribution in [2.45, 2.75) is 31.8 Å². The van der Waals surface area contributed by atoms with Crippen LogP contribution in [0.25, 0.3) is 22.3 Å². The van der Waals surface area contributed by atoms with Gasteiger partial charge in [-0.25, -0.2) is 4.39 Å². The van der Waals surface area contributed by atoms with Gasteiger partial charge >= 0.3 is 0 Å². The second-order valence-corrected chi connectivity index (χ2v) is 9.42. The molecule has 8 heteroatoms. The molecule has 1 aromatic heterocycles. The number of rotatable bonds is 7. The Balaban J connectivity index is 1.30. The predicted molar refractivity (Wildman–Crippen MR) is 137 cm³/mol. The van der Waals surface area contributed by atoms with Crippen LogP contribution >= 0.6 is 0 Å². The van der Waals surface area contributed by atoms with Gasteiger partial charge in [-0.1, -0.05) is 48.5 Å². The van der Waals surface area contributed by atoms with Crippen LogP contribution in [0.5, 0.6) is 0 Å². The predicted octanol–water partition coefficient (Wildman–Crippen LogP) is 4.49. The van der Waals surface area contributed by atoms with Crippen molar-refractivity contribution in [2.75, 3.05) is 7.05 Å². The van der Waals surface area contributed by atoms with Gasteiger partial charge in [0.15, 0.2) is 0 Å². The number of fused-ring (bicyclic) bond motifs is 1. The average molecular weight is 500 g/mol. The topological polar surface area (TPSA) is 106 Å². The van der Waals surface area contributed by atoms with E-state index in [-0.39, 0.29) is 28.9 Å². The summed E-state index contributed by atoms with van der Waals surface area (Å²) in [4.78, 5) is 37.8. The van der Waals surface area contributed by atoms with E-state index in [2.05, 4.69) is 10.2 Å². The van der Waals surface area contributed by atoms with Gasteiger partial charge in [0.2, 0.25) is 11.8 Å². The van der Waals surface area contributed by atoms with Crippen LogP contribution in [-0.2, 0) is 22.7 Å². The van der Waals surface area contributed by atoms with Gasteiger partial charge in [0.05, 0.1) is 11.5 Å². The number of piperidine rings is 1. The molecule has 3 aromatic carbocycles. The summed E-state index contributed by atoms with van der Waals surface area (Å²) in [6.45, 7) is 1.31. The molecule has 4 aromatic rings. The number of hydrogen-bond donors (Lipinski definition) is 2. The first-order chi connectivity index (χ1) is 17.8. The second kappa shape index (κ2) is 9.99. The van der Waals surface area contributed by atoms with Crippen LogP contribution in [0.1, 0.15) is 45.8 Å². The molecule has 1 atom stereocenters. The number of nitrogens with two attached hydrogens (primary N) is 1. The van der Waals surface area contributed by atoms with E-state index in [1.165, 1.54) is 6.07 Å². The summed E-state index contributed by atoms with van der Waals surface area (Å²) in [6.07, 6.45) is 0.860. The molecule has 1 saturated heterocycles. The zero-order valence-corrected chi connectivity index (χ0v) is 20.3. The van der Waals surface area contributed by atoms with Crippen LogP contribution < -0.4 is 11.1 Å². The Hall–Kier alpha value is -4.30. The Labute approximate surface area is 213 Å². The molecule has 0 spiro atoms. The zero-order valence-electron chi connectivity index (χ0n) is 20.3. The molecule has 0 saturated carbocycles. The van der Waals surface area contributed by atoms with Crippen LogP contribution in [0.2, 0.25) is 0 Å². The number of carbonyl (C=O) groups excluding carboxylic acids is 3. The smallest absolute Gasteiger partial charge is 0.252 e. The maximum Gasteiger partial charge on any atom is 0.252 e. The third-order valence-corrected chi connectivity index (χ3v) is 6.65. The van der Waals surface area contributed by atoms with Crippen molar-refractivity contribution in [3.8, 4) is 11.3 Å². The van der Waals surface area contributed by atoms with E-state index in [0.717, 1.165) is 28.3 Å². The Morgan fingerprint density at radius 2 is 1.84 bits per heavy atom. The molecular weight excluding hydrogens is 473 g/mol. The quantitative estimate of drug-likeness (QED) is 0.365. The van der Waals surface area contributed by atoms with Gasteiger partial charge in [-0.05, 0) is 48.4 Å². The Kier molecular flexibility index (Phi) is 6.58. The van der Waals surface area contributed by atoms with Crippen molar-refractivity contribution in [1.82, 2.24) is 10.2 Å². The third kappa shape index (κ3) is 5.15. The molecular formula is C29H26FN3O4. The van der Waals surface area contributed by atoms with Crippen molar-refractivity contribution in [3.63, 3.8) is 0 Å². The number of amides is 3. The van der Waals surface area contributed by atoms with Crippen LogP contribution in [0.15, 0.2) is 71.1 Å². The summed E-state index contributed by atoms with van der Waals surface area (Å²) in [5, 5.41) is 2.92. The van der Waals surface area contributed by atoms with E-state index in [1.807, 2.05) is 55.6 Å². The zero-order chi connectivity index (χ0) is 26.1. The van der Waals surface area contributed by atoms with Gasteiger partial charge in [0.1, 0.15) is 17.2 Å². The number of carbonyl (C=O) groups is 3. The highest BCUT2D eigenvalue weighted by molar-refractivity contribution is 6.05. The van der Waals surface area contributed by atoms with E-state index in [0.29, 0.717) is 37.1 Å². The van der Waals surface area contributed by atoms with Crippen LogP contribution in [0.3, 0.4) is 0 Å². The van der Waals surface area contributed by atoms with Crippen LogP contribution in [-0.4, -0.2) is 29.7 Å². The van der Waals surface area contributed by atoms with E-state index in [4.69, 9.17) is 10.2 Å². The highest BCUT2D eigenvalue weighted by Crippen LogP contribution is 2.31. The average Bonchev–Trinajstić information content (AvgIpc) is 3.28. The molecule has 0 bridgehead atoms. The molecule has 1 aliphatic rings. The Morgan fingerprint density at radius 1 is 1.08 bits per heavy atom. The van der Waals surface area contributed by atoms with Gasteiger partial charge in [-0.2, -0.15) is 0 Å². The Bertz CT molecular complexity index is 1510. The van der Waals surface area contributed by atoms with Crippen LogP contribution in [0.4, 0.5) is 4.39 Å². The minimum absolute atomic E-state index is 0.0112. The fourth-order valence-electron chi connectivity index (χ4n) is 4.88. The number of nitrogens with zero attached hydrogens (tertiary/aromatic N) is 1. The fourth-order valence-corrected chi connectivity index (χ4v) is 4.88. The van der Waals surface area contributed by atoms with Gasteiger partial charge in [-0.3, -0.25) is 24.6 Å². The van der Waals surface area contributed by atoms with Gasteiger partial charge < -0.3 is 10.2 Å². The SMILES string of the molecule is CN(Cc1ccc(-c2cc3cc(F)cc(C(N)=O)c3o2)cc1)Cc1ccccc1C1CCC(=O)NC1=O. The van der Waals surface area contributed by atoms with Crippen molar-refractivity contribution < 1.29 is 23.2 Å². The molecule has 37 heavy (non-hydrogen) atoms. The van der Waals surface area contributed by atoms with E-state index in [1.54, 1.807) is 6.07 Å². The van der Waals surface area contributed by atoms with Gasteiger partial charge in [0.25, 0.3) is 5.91 Å². The molecule has 3 N–H and O–H groups in total. The highest BCUT2D eigenvalue weighted by Gasteiger charge is 2.29. The lowest BCUT2D eigenvalue weighted by Crippen LogP contribution is -2.39. The first-order valence-corrected chi connectivity index (χ1v) is 12.0. The number of nitrogens with one attached hydrogen (secondary N) is 1. The first-order valence-electron chi connectivity index (χ1n) is 12.0. The lowest BCUT2D eigenvalue weighted by atomic mass is 9.87. The Morgan fingerprint density at radius 3 is 2.57 bits per heavy atom. The molecule has 0 aliphatic carbocycles. The molecule has 188 valence electrons. The number of benzene rings is 3. The van der Waals surface area contributed by atoms with Gasteiger partial charge in [-0.15, -0.1) is 0 Å². The highest BCUT2D eigenvalue weighted by atomic mass is 19.1. The maximum absolute atomic E-state index is 13.9. The monoisotopic (exact) mass is 499 g/mol. The van der Waals surface area contributed by atoms with E-state index < -0.39 is 11.7 Å². The molecule has 1 unspecified atom stereocenters. The molecule has 1 aliphatic heterocycles.